The van der Waals surface area contributed by atoms with Gasteiger partial charge < -0.3 is 10.3 Å². The zero-order valence-electron chi connectivity index (χ0n) is 15.7. The summed E-state index contributed by atoms with van der Waals surface area (Å²) in [5.41, 5.74) is 3.07. The second-order valence-electron chi connectivity index (χ2n) is 7.14. The van der Waals surface area contributed by atoms with E-state index in [1.165, 1.54) is 31.4 Å². The average molecular weight is 399 g/mol. The van der Waals surface area contributed by atoms with E-state index < -0.39 is 10.8 Å². The number of rotatable bonds is 5. The van der Waals surface area contributed by atoms with Gasteiger partial charge in [-0.15, -0.1) is 0 Å². The van der Waals surface area contributed by atoms with Crippen LogP contribution < -0.4 is 5.32 Å². The van der Waals surface area contributed by atoms with Crippen molar-refractivity contribution in [3.8, 4) is 22.5 Å². The molecule has 0 unspecified atom stereocenters. The second kappa shape index (κ2) is 8.22. The lowest BCUT2D eigenvalue weighted by molar-refractivity contribution is 0.462. The molecule has 5 nitrogen and oxygen atoms in total. The van der Waals surface area contributed by atoms with Gasteiger partial charge in [-0.1, -0.05) is 19.3 Å². The SMILES string of the molecule is C[S@@](=O)c1nc(-c2ccnc(NC3CCCCC3)c2)c(-c2ccc(F)cc2)[nH]1. The normalized spacial score (nSPS) is 16.1. The van der Waals surface area contributed by atoms with Crippen molar-refractivity contribution in [2.75, 3.05) is 11.6 Å². The highest BCUT2D eigenvalue weighted by molar-refractivity contribution is 7.84. The van der Waals surface area contributed by atoms with Gasteiger partial charge in [-0.25, -0.2) is 14.4 Å². The Morgan fingerprint density at radius 3 is 2.57 bits per heavy atom. The number of H-pyrrole nitrogens is 1. The van der Waals surface area contributed by atoms with E-state index in [1.807, 2.05) is 12.1 Å². The molecule has 1 aromatic carbocycles. The van der Waals surface area contributed by atoms with Crippen LogP contribution in [0, 0.1) is 5.82 Å². The summed E-state index contributed by atoms with van der Waals surface area (Å²) in [4.78, 5) is 12.2. The van der Waals surface area contributed by atoms with Crippen molar-refractivity contribution in [2.45, 2.75) is 43.3 Å². The Morgan fingerprint density at radius 1 is 1.11 bits per heavy atom. The number of hydrogen-bond donors (Lipinski definition) is 2. The molecule has 2 heterocycles. The van der Waals surface area contributed by atoms with Crippen LogP contribution in [0.4, 0.5) is 10.2 Å². The van der Waals surface area contributed by atoms with Gasteiger partial charge in [-0.05, 0) is 49.2 Å². The molecule has 146 valence electrons. The van der Waals surface area contributed by atoms with Crippen molar-refractivity contribution in [1.29, 1.82) is 0 Å². The lowest BCUT2D eigenvalue weighted by atomic mass is 9.95. The van der Waals surface area contributed by atoms with E-state index in [1.54, 1.807) is 24.6 Å². The van der Waals surface area contributed by atoms with Crippen molar-refractivity contribution in [3.05, 3.63) is 48.4 Å². The summed E-state index contributed by atoms with van der Waals surface area (Å²) in [6.07, 6.45) is 9.46. The molecule has 0 amide bonds. The van der Waals surface area contributed by atoms with Crippen molar-refractivity contribution >= 4 is 16.6 Å². The van der Waals surface area contributed by atoms with Crippen molar-refractivity contribution in [3.63, 3.8) is 0 Å². The fourth-order valence-corrected chi connectivity index (χ4v) is 4.10. The minimum Gasteiger partial charge on any atom is -0.367 e. The average Bonchev–Trinajstić information content (AvgIpc) is 3.15. The number of imidazole rings is 1. The summed E-state index contributed by atoms with van der Waals surface area (Å²) in [6.45, 7) is 0. The summed E-state index contributed by atoms with van der Waals surface area (Å²) >= 11 is 0. The zero-order valence-corrected chi connectivity index (χ0v) is 16.6. The molecule has 0 saturated heterocycles. The van der Waals surface area contributed by atoms with Gasteiger partial charge in [0, 0.05) is 29.6 Å². The van der Waals surface area contributed by atoms with Gasteiger partial charge in [0.2, 0.25) is 0 Å². The Balaban J connectivity index is 1.70. The molecular weight excluding hydrogens is 375 g/mol. The third kappa shape index (κ3) is 4.14. The van der Waals surface area contributed by atoms with E-state index in [0.717, 1.165) is 35.5 Å². The van der Waals surface area contributed by atoms with Crippen molar-refractivity contribution in [1.82, 2.24) is 15.0 Å². The maximum atomic E-state index is 13.3. The van der Waals surface area contributed by atoms with Crippen molar-refractivity contribution in [2.24, 2.45) is 0 Å². The number of nitrogens with one attached hydrogen (secondary N) is 2. The van der Waals surface area contributed by atoms with E-state index in [9.17, 15) is 8.60 Å². The topological polar surface area (TPSA) is 70.7 Å². The number of nitrogens with zero attached hydrogens (tertiary/aromatic N) is 2. The highest BCUT2D eigenvalue weighted by atomic mass is 32.2. The largest absolute Gasteiger partial charge is 0.367 e. The van der Waals surface area contributed by atoms with E-state index >= 15 is 0 Å². The smallest absolute Gasteiger partial charge is 0.197 e. The van der Waals surface area contributed by atoms with Gasteiger partial charge in [0.05, 0.1) is 22.2 Å². The summed E-state index contributed by atoms with van der Waals surface area (Å²) in [6, 6.07) is 10.5. The maximum Gasteiger partial charge on any atom is 0.197 e. The first kappa shape index (κ1) is 18.8. The molecule has 0 bridgehead atoms. The molecule has 0 radical (unpaired) electrons. The summed E-state index contributed by atoms with van der Waals surface area (Å²) < 4.78 is 25.3. The number of pyridine rings is 1. The van der Waals surface area contributed by atoms with E-state index in [4.69, 9.17) is 0 Å². The number of benzene rings is 1. The lowest BCUT2D eigenvalue weighted by Crippen LogP contribution is -2.22. The quantitative estimate of drug-likeness (QED) is 0.650. The van der Waals surface area contributed by atoms with Crippen LogP contribution in [0.5, 0.6) is 0 Å². The predicted octanol–water partition coefficient (Wildman–Crippen LogP) is 4.76. The van der Waals surface area contributed by atoms with Gasteiger partial charge in [0.25, 0.3) is 0 Å². The Morgan fingerprint density at radius 2 is 1.86 bits per heavy atom. The molecule has 2 aromatic heterocycles. The monoisotopic (exact) mass is 398 g/mol. The first-order valence-electron chi connectivity index (χ1n) is 9.52. The predicted molar refractivity (Wildman–Crippen MR) is 110 cm³/mol. The van der Waals surface area contributed by atoms with E-state index in [-0.39, 0.29) is 5.82 Å². The molecule has 1 aliphatic carbocycles. The first-order chi connectivity index (χ1) is 13.6. The minimum atomic E-state index is -1.25. The number of aromatic amines is 1. The van der Waals surface area contributed by atoms with E-state index in [2.05, 4.69) is 20.3 Å². The molecule has 1 saturated carbocycles. The standard InChI is InChI=1S/C21H23FN4OS/c1-28(27)21-25-19(14-7-9-16(22)10-8-14)20(26-21)15-11-12-23-18(13-15)24-17-5-3-2-4-6-17/h7-13,17H,2-6H2,1H3,(H,23,24)(H,25,26)/t28-/m1/s1. The second-order valence-corrected chi connectivity index (χ2v) is 8.43. The van der Waals surface area contributed by atoms with Gasteiger partial charge in [-0.3, -0.25) is 4.21 Å². The third-order valence-corrected chi connectivity index (χ3v) is 5.82. The number of aromatic nitrogens is 3. The Bertz CT molecular complexity index is 980. The van der Waals surface area contributed by atoms with Gasteiger partial charge in [-0.2, -0.15) is 0 Å². The van der Waals surface area contributed by atoms with Gasteiger partial charge >= 0.3 is 0 Å². The highest BCUT2D eigenvalue weighted by Gasteiger charge is 2.18. The fourth-order valence-electron chi connectivity index (χ4n) is 3.63. The molecule has 3 aromatic rings. The van der Waals surface area contributed by atoms with E-state index in [0.29, 0.717) is 16.9 Å². The molecule has 7 heteroatoms. The van der Waals surface area contributed by atoms with Crippen LogP contribution in [0.15, 0.2) is 47.8 Å². The van der Waals surface area contributed by atoms with Crippen LogP contribution in [-0.2, 0) is 10.8 Å². The van der Waals surface area contributed by atoms with Crippen LogP contribution in [0.1, 0.15) is 32.1 Å². The number of hydrogen-bond acceptors (Lipinski definition) is 4. The van der Waals surface area contributed by atoms with Crippen LogP contribution in [0.3, 0.4) is 0 Å². The Kier molecular flexibility index (Phi) is 5.52. The van der Waals surface area contributed by atoms with Crippen LogP contribution >= 0.6 is 0 Å². The molecule has 0 aliphatic heterocycles. The Hall–Kier alpha value is -2.54. The minimum absolute atomic E-state index is 0.299. The van der Waals surface area contributed by atoms with Crippen molar-refractivity contribution < 1.29 is 8.60 Å². The zero-order chi connectivity index (χ0) is 19.5. The maximum absolute atomic E-state index is 13.3. The molecule has 2 N–H and O–H groups in total. The Labute approximate surface area is 166 Å². The molecule has 1 atom stereocenters. The van der Waals surface area contributed by atoms with Gasteiger partial charge in [0.15, 0.2) is 5.16 Å². The third-order valence-electron chi connectivity index (χ3n) is 5.08. The number of anilines is 1. The lowest BCUT2D eigenvalue weighted by Gasteiger charge is -2.23. The fraction of sp³-hybridized carbons (Fsp3) is 0.333. The van der Waals surface area contributed by atoms with Gasteiger partial charge in [0.1, 0.15) is 11.6 Å². The van der Waals surface area contributed by atoms with Crippen LogP contribution in [-0.4, -0.2) is 31.5 Å². The molecule has 1 aliphatic rings. The van der Waals surface area contributed by atoms with Crippen LogP contribution in [0.2, 0.25) is 0 Å². The first-order valence-corrected chi connectivity index (χ1v) is 11.1. The summed E-state index contributed by atoms with van der Waals surface area (Å²) in [5, 5.41) is 3.92. The molecule has 1 fully saturated rings. The summed E-state index contributed by atoms with van der Waals surface area (Å²) in [5.74, 6) is 0.517. The molecule has 28 heavy (non-hydrogen) atoms. The van der Waals surface area contributed by atoms with Crippen LogP contribution in [0.25, 0.3) is 22.5 Å². The highest BCUT2D eigenvalue weighted by Crippen LogP contribution is 2.32. The molecular formula is C21H23FN4OS. The summed E-state index contributed by atoms with van der Waals surface area (Å²) in [7, 11) is -1.25. The molecule has 0 spiro atoms. The molecule has 4 rings (SSSR count). The number of halogens is 1.